The van der Waals surface area contributed by atoms with E-state index in [4.69, 9.17) is 12.2 Å². The highest BCUT2D eigenvalue weighted by molar-refractivity contribution is 7.80. The number of hydrogen-bond donors (Lipinski definition) is 1. The quantitative estimate of drug-likeness (QED) is 0.174. The third-order valence-corrected chi connectivity index (χ3v) is 7.54. The Morgan fingerprint density at radius 2 is 1.55 bits per heavy atom. The molecule has 1 aromatic heterocycles. The maximum absolute atomic E-state index is 13.7. The van der Waals surface area contributed by atoms with Crippen LogP contribution in [0.2, 0.25) is 0 Å². The Morgan fingerprint density at radius 3 is 2.39 bits per heavy atom. The van der Waals surface area contributed by atoms with Gasteiger partial charge in [0.1, 0.15) is 5.57 Å². The molecule has 5 nitrogen and oxygen atoms in total. The second-order valence-corrected chi connectivity index (χ2v) is 9.93. The lowest BCUT2D eigenvalue weighted by Gasteiger charge is -2.30. The molecular weight excluding hydrogens is 490 g/mol. The number of thiocarbonyl (C=S) groups is 1. The number of carbonyl (C=O) groups is 2. The molecule has 1 N–H and O–H groups in total. The third-order valence-electron chi connectivity index (χ3n) is 7.26. The normalized spacial score (nSPS) is 15.1. The highest BCUT2D eigenvalue weighted by atomic mass is 32.1. The number of aryl methyl sites for hydroxylation is 1. The van der Waals surface area contributed by atoms with Gasteiger partial charge in [-0.3, -0.25) is 19.8 Å². The van der Waals surface area contributed by atoms with Gasteiger partial charge in [0.2, 0.25) is 0 Å². The number of anilines is 1. The molecule has 1 fully saturated rings. The van der Waals surface area contributed by atoms with E-state index < -0.39 is 11.8 Å². The van der Waals surface area contributed by atoms with Crippen LogP contribution in [-0.2, 0) is 16.1 Å². The molecule has 38 heavy (non-hydrogen) atoms. The van der Waals surface area contributed by atoms with Crippen molar-refractivity contribution in [1.29, 1.82) is 0 Å². The summed E-state index contributed by atoms with van der Waals surface area (Å²) in [4.78, 5) is 28.1. The molecule has 0 bridgehead atoms. The lowest BCUT2D eigenvalue weighted by Crippen LogP contribution is -2.54. The summed E-state index contributed by atoms with van der Waals surface area (Å²) in [5.74, 6) is -0.925. The van der Waals surface area contributed by atoms with Gasteiger partial charge in [-0.2, -0.15) is 0 Å². The average Bonchev–Trinajstić information content (AvgIpc) is 3.26. The Labute approximate surface area is 226 Å². The molecule has 6 heteroatoms. The maximum Gasteiger partial charge on any atom is 0.270 e. The zero-order valence-corrected chi connectivity index (χ0v) is 21.9. The molecule has 4 aromatic carbocycles. The molecular formula is C32H25N3O2S. The van der Waals surface area contributed by atoms with Crippen LogP contribution in [0.5, 0.6) is 0 Å². The fraction of sp³-hybridized carbons (Fsp3) is 0.0938. The van der Waals surface area contributed by atoms with Gasteiger partial charge in [0, 0.05) is 29.2 Å². The van der Waals surface area contributed by atoms with E-state index in [1.165, 1.54) is 21.2 Å². The molecule has 0 unspecified atom stereocenters. The molecule has 2 heterocycles. The molecule has 0 spiro atoms. The summed E-state index contributed by atoms with van der Waals surface area (Å²) in [5, 5.41) is 6.16. The number of para-hydroxylation sites is 1. The SMILES string of the molecule is Cc1cccc(N2C(=O)/C(=C/c3cn(Cc4cccc5ccccc45)c4ccccc34)C(=O)NC2=S)c1C. The monoisotopic (exact) mass is 515 g/mol. The van der Waals surface area contributed by atoms with Crippen LogP contribution < -0.4 is 10.2 Å². The van der Waals surface area contributed by atoms with Crippen molar-refractivity contribution in [3.05, 3.63) is 119 Å². The predicted octanol–water partition coefficient (Wildman–Crippen LogP) is 6.29. The first-order chi connectivity index (χ1) is 18.4. The van der Waals surface area contributed by atoms with E-state index in [1.807, 2.05) is 62.5 Å². The van der Waals surface area contributed by atoms with Gasteiger partial charge < -0.3 is 4.57 Å². The average molecular weight is 516 g/mol. The standard InChI is InChI=1S/C32H25N3O2S/c1-20-9-7-16-28(21(20)2)35-31(37)27(30(36)33-32(35)38)17-24-19-34(29-15-6-5-14-26(24)29)18-23-12-8-11-22-10-3-4-13-25(22)23/h3-17,19H,18H2,1-2H3,(H,33,36,38)/b27-17+. The first kappa shape index (κ1) is 23.8. The summed E-state index contributed by atoms with van der Waals surface area (Å²) in [7, 11) is 0. The molecule has 0 radical (unpaired) electrons. The van der Waals surface area contributed by atoms with Crippen molar-refractivity contribution in [2.75, 3.05) is 4.90 Å². The van der Waals surface area contributed by atoms with Gasteiger partial charge >= 0.3 is 0 Å². The number of nitrogens with one attached hydrogen (secondary N) is 1. The zero-order valence-electron chi connectivity index (χ0n) is 21.1. The van der Waals surface area contributed by atoms with E-state index >= 15 is 0 Å². The van der Waals surface area contributed by atoms with Crippen LogP contribution >= 0.6 is 12.2 Å². The molecule has 1 aliphatic rings. The topological polar surface area (TPSA) is 54.3 Å². The van der Waals surface area contributed by atoms with E-state index in [1.54, 1.807) is 6.08 Å². The number of rotatable bonds is 4. The minimum Gasteiger partial charge on any atom is -0.342 e. The number of benzene rings is 4. The van der Waals surface area contributed by atoms with Crippen LogP contribution in [0.15, 0.2) is 96.7 Å². The molecule has 2 amide bonds. The van der Waals surface area contributed by atoms with E-state index in [-0.39, 0.29) is 10.7 Å². The smallest absolute Gasteiger partial charge is 0.270 e. The maximum atomic E-state index is 13.7. The summed E-state index contributed by atoms with van der Waals surface area (Å²) >= 11 is 5.42. The Morgan fingerprint density at radius 1 is 0.842 bits per heavy atom. The van der Waals surface area contributed by atoms with Gasteiger partial charge in [0.05, 0.1) is 5.69 Å². The van der Waals surface area contributed by atoms with E-state index in [2.05, 4.69) is 52.3 Å². The Kier molecular flexibility index (Phi) is 5.89. The summed E-state index contributed by atoms with van der Waals surface area (Å²) < 4.78 is 2.17. The van der Waals surface area contributed by atoms with Gasteiger partial charge in [0.15, 0.2) is 5.11 Å². The molecule has 0 saturated carbocycles. The van der Waals surface area contributed by atoms with Crippen LogP contribution in [0.4, 0.5) is 5.69 Å². The van der Waals surface area contributed by atoms with Crippen molar-refractivity contribution in [1.82, 2.24) is 9.88 Å². The lowest BCUT2D eigenvalue weighted by atomic mass is 10.0. The van der Waals surface area contributed by atoms with Crippen LogP contribution in [0.1, 0.15) is 22.3 Å². The van der Waals surface area contributed by atoms with E-state index in [0.29, 0.717) is 12.2 Å². The highest BCUT2D eigenvalue weighted by Crippen LogP contribution is 2.30. The number of carbonyl (C=O) groups excluding carboxylic acids is 2. The van der Waals surface area contributed by atoms with Crippen molar-refractivity contribution in [2.24, 2.45) is 0 Å². The minimum atomic E-state index is -0.493. The van der Waals surface area contributed by atoms with E-state index in [0.717, 1.165) is 27.6 Å². The van der Waals surface area contributed by atoms with Gasteiger partial charge in [-0.05, 0) is 71.7 Å². The number of hydrogen-bond acceptors (Lipinski definition) is 3. The van der Waals surface area contributed by atoms with Gasteiger partial charge in [-0.15, -0.1) is 0 Å². The zero-order chi connectivity index (χ0) is 26.4. The molecule has 5 aromatic rings. The number of fused-ring (bicyclic) bond motifs is 2. The molecule has 0 aliphatic carbocycles. The number of aromatic nitrogens is 1. The first-order valence-electron chi connectivity index (χ1n) is 12.4. The van der Waals surface area contributed by atoms with Crippen LogP contribution in [-0.4, -0.2) is 21.5 Å². The van der Waals surface area contributed by atoms with Gasteiger partial charge in [-0.25, -0.2) is 0 Å². The fourth-order valence-electron chi connectivity index (χ4n) is 5.14. The molecule has 0 atom stereocenters. The van der Waals surface area contributed by atoms with Crippen molar-refractivity contribution >= 4 is 62.6 Å². The van der Waals surface area contributed by atoms with Crippen molar-refractivity contribution < 1.29 is 9.59 Å². The third kappa shape index (κ3) is 3.99. The molecule has 1 saturated heterocycles. The summed E-state index contributed by atoms with van der Waals surface area (Å²) in [5.41, 5.74) is 5.71. The number of amides is 2. The van der Waals surface area contributed by atoms with Gasteiger partial charge in [-0.1, -0.05) is 72.8 Å². The highest BCUT2D eigenvalue weighted by Gasteiger charge is 2.35. The number of nitrogens with zero attached hydrogens (tertiary/aromatic N) is 2. The van der Waals surface area contributed by atoms with Gasteiger partial charge in [0.25, 0.3) is 11.8 Å². The molecule has 186 valence electrons. The fourth-order valence-corrected chi connectivity index (χ4v) is 5.42. The van der Waals surface area contributed by atoms with Crippen LogP contribution in [0.25, 0.3) is 27.8 Å². The summed E-state index contributed by atoms with van der Waals surface area (Å²) in [6, 6.07) is 28.4. The first-order valence-corrected chi connectivity index (χ1v) is 12.9. The minimum absolute atomic E-state index is 0.0487. The Bertz CT molecular complexity index is 1810. The second kappa shape index (κ2) is 9.39. The van der Waals surface area contributed by atoms with Crippen molar-refractivity contribution in [2.45, 2.75) is 20.4 Å². The van der Waals surface area contributed by atoms with E-state index in [9.17, 15) is 9.59 Å². The van der Waals surface area contributed by atoms with Crippen LogP contribution in [0.3, 0.4) is 0 Å². The largest absolute Gasteiger partial charge is 0.342 e. The molecule has 6 rings (SSSR count). The van der Waals surface area contributed by atoms with Crippen molar-refractivity contribution in [3.63, 3.8) is 0 Å². The van der Waals surface area contributed by atoms with Crippen molar-refractivity contribution in [3.8, 4) is 0 Å². The summed E-state index contributed by atoms with van der Waals surface area (Å²) in [6.45, 7) is 4.58. The second-order valence-electron chi connectivity index (χ2n) is 9.54. The summed E-state index contributed by atoms with van der Waals surface area (Å²) in [6.07, 6.45) is 3.69. The molecule has 1 aliphatic heterocycles. The van der Waals surface area contributed by atoms with Crippen LogP contribution in [0, 0.1) is 13.8 Å². The Hall–Kier alpha value is -4.55. The Balaban J connectivity index is 1.44. The lowest BCUT2D eigenvalue weighted by molar-refractivity contribution is -0.122. The predicted molar refractivity (Wildman–Crippen MR) is 157 cm³/mol.